The van der Waals surface area contributed by atoms with Gasteiger partial charge in [0.15, 0.2) is 0 Å². The first-order chi connectivity index (χ1) is 18.3. The van der Waals surface area contributed by atoms with Crippen molar-refractivity contribution in [2.45, 2.75) is 44.6 Å². The number of halogens is 1. The number of fused-ring (bicyclic) bond motifs is 1. The van der Waals surface area contributed by atoms with Gasteiger partial charge in [0.25, 0.3) is 0 Å². The van der Waals surface area contributed by atoms with E-state index in [1.807, 2.05) is 35.4 Å². The molecular weight excluding hydrogens is 516 g/mol. The maximum Gasteiger partial charge on any atom is 0.131 e. The Bertz CT molecular complexity index is 1320. The van der Waals surface area contributed by atoms with Crippen LogP contribution in [0.15, 0.2) is 47.8 Å². The lowest BCUT2D eigenvalue weighted by molar-refractivity contribution is 0.146. The summed E-state index contributed by atoms with van der Waals surface area (Å²) < 4.78 is 7.95. The van der Waals surface area contributed by atoms with Crippen LogP contribution in [0.1, 0.15) is 30.0 Å². The van der Waals surface area contributed by atoms with Crippen molar-refractivity contribution in [1.82, 2.24) is 19.7 Å². The Labute approximate surface area is 230 Å². The highest BCUT2D eigenvalue weighted by molar-refractivity contribution is 6.76. The van der Waals surface area contributed by atoms with Crippen molar-refractivity contribution < 1.29 is 4.74 Å². The Morgan fingerprint density at radius 3 is 2.95 bits per heavy atom. The number of nitriles is 1. The van der Waals surface area contributed by atoms with Gasteiger partial charge in [-0.3, -0.25) is 9.67 Å². The molecule has 1 N–H and O–H groups in total. The molecule has 3 aromatic heterocycles. The predicted octanol–water partition coefficient (Wildman–Crippen LogP) is 5.17. The molecule has 0 radical (unpaired) electrons. The molecule has 5 rings (SSSR count). The minimum Gasteiger partial charge on any atom is -0.361 e. The molecule has 2 atom stereocenters. The number of hydrogen-bond donors (Lipinski definition) is 1. The largest absolute Gasteiger partial charge is 0.361 e. The van der Waals surface area contributed by atoms with Crippen LogP contribution in [0.25, 0.3) is 0 Å². The van der Waals surface area contributed by atoms with Crippen molar-refractivity contribution in [2.75, 3.05) is 42.9 Å². The zero-order valence-corrected chi connectivity index (χ0v) is 24.0. The lowest BCUT2D eigenvalue weighted by atomic mass is 9.96. The number of anilines is 2. The Balaban J connectivity index is 1.28. The molecule has 0 amide bonds. The summed E-state index contributed by atoms with van der Waals surface area (Å²) in [6, 6.07) is 11.2. The maximum absolute atomic E-state index is 9.62. The zero-order chi connectivity index (χ0) is 26.7. The summed E-state index contributed by atoms with van der Waals surface area (Å²) in [7, 11) is -1.12. The third-order valence-corrected chi connectivity index (χ3v) is 9.16. The summed E-state index contributed by atoms with van der Waals surface area (Å²) in [6.07, 6.45) is 7.21. The van der Waals surface area contributed by atoms with Crippen LogP contribution in [0.4, 0.5) is 11.6 Å². The number of aromatic nitrogens is 4. The fraction of sp³-hybridized carbons (Fsp3) is 0.481. The fourth-order valence-electron chi connectivity index (χ4n) is 5.13. The van der Waals surface area contributed by atoms with Crippen LogP contribution in [0.3, 0.4) is 0 Å². The van der Waals surface area contributed by atoms with Crippen molar-refractivity contribution in [1.29, 1.82) is 5.26 Å². The quantitative estimate of drug-likeness (QED) is 0.212. The summed E-state index contributed by atoms with van der Waals surface area (Å²) in [5, 5.41) is 14.8. The Kier molecular flexibility index (Phi) is 7.88. The van der Waals surface area contributed by atoms with Crippen LogP contribution >= 0.6 is 11.6 Å². The molecule has 2 aliphatic heterocycles. The van der Waals surface area contributed by atoms with Gasteiger partial charge in [-0.15, -0.1) is 0 Å². The highest BCUT2D eigenvalue weighted by atomic mass is 35.5. The summed E-state index contributed by atoms with van der Waals surface area (Å²) >= 11 is 6.11. The molecule has 3 aromatic rings. The maximum atomic E-state index is 9.62. The molecular formula is C27H35ClN8OSi. The van der Waals surface area contributed by atoms with E-state index in [9.17, 15) is 5.26 Å². The molecule has 0 saturated carbocycles. The van der Waals surface area contributed by atoms with E-state index in [-0.39, 0.29) is 12.0 Å². The predicted molar refractivity (Wildman–Crippen MR) is 154 cm³/mol. The number of ether oxygens (including phenoxy) is 1. The van der Waals surface area contributed by atoms with E-state index in [0.717, 1.165) is 60.6 Å². The Morgan fingerprint density at radius 2 is 2.16 bits per heavy atom. The van der Waals surface area contributed by atoms with E-state index in [1.165, 1.54) is 0 Å². The molecule has 11 heteroatoms. The van der Waals surface area contributed by atoms with Crippen LogP contribution < -0.4 is 9.80 Å². The van der Waals surface area contributed by atoms with Crippen molar-refractivity contribution in [2.24, 2.45) is 10.9 Å². The van der Waals surface area contributed by atoms with E-state index in [4.69, 9.17) is 26.4 Å². The first-order valence-electron chi connectivity index (χ1n) is 13.2. The second kappa shape index (κ2) is 11.3. The average molecular weight is 551 g/mol. The topological polar surface area (TPSA) is 98.4 Å². The third kappa shape index (κ3) is 5.95. The number of nitrogens with zero attached hydrogens (tertiary/aromatic N) is 7. The molecule has 0 aromatic carbocycles. The van der Waals surface area contributed by atoms with Gasteiger partial charge in [-0.25, -0.2) is 4.98 Å². The minimum atomic E-state index is -1.12. The summed E-state index contributed by atoms with van der Waals surface area (Å²) in [5.74, 6) is 2.18. The molecule has 0 aliphatic carbocycles. The van der Waals surface area contributed by atoms with Gasteiger partial charge in [-0.05, 0) is 30.7 Å². The minimum absolute atomic E-state index is 0.0240. The number of rotatable bonds is 10. The molecule has 2 unspecified atom stereocenters. The molecule has 5 heterocycles. The number of aromatic amines is 1. The first-order valence-corrected chi connectivity index (χ1v) is 17.2. The van der Waals surface area contributed by atoms with E-state index in [1.54, 1.807) is 6.07 Å². The second-order valence-electron chi connectivity index (χ2n) is 11.2. The van der Waals surface area contributed by atoms with E-state index in [0.29, 0.717) is 25.0 Å². The Hall–Kier alpha value is -3.13. The standard InChI is InChI=1S/C27H35ClN8OSi/c1-38(2,3)14-13-37-19-35-18-31-26(22-8-11-30-27(22)35)21-15-32-36(17-21)23(7-10-29)20-9-12-34(16-20)25-6-4-5-24(28)33-25/h4-6,8,11,15,17,20,23,30H,7,9,12-14,16,18-19H2,1-3H3. The van der Waals surface area contributed by atoms with E-state index >= 15 is 0 Å². The van der Waals surface area contributed by atoms with Gasteiger partial charge in [0.1, 0.15) is 30.2 Å². The van der Waals surface area contributed by atoms with Crippen molar-refractivity contribution in [3.05, 3.63) is 59.1 Å². The van der Waals surface area contributed by atoms with Crippen molar-refractivity contribution >= 4 is 37.0 Å². The molecule has 200 valence electrons. The number of nitrogens with one attached hydrogen (secondary N) is 1. The lowest BCUT2D eigenvalue weighted by Gasteiger charge is -2.27. The average Bonchev–Trinajstić information content (AvgIpc) is 3.65. The van der Waals surface area contributed by atoms with Gasteiger partial charge < -0.3 is 19.5 Å². The van der Waals surface area contributed by atoms with Gasteiger partial charge in [0.05, 0.1) is 30.4 Å². The summed E-state index contributed by atoms with van der Waals surface area (Å²) in [4.78, 5) is 17.1. The van der Waals surface area contributed by atoms with Crippen LogP contribution in [0, 0.1) is 17.2 Å². The molecule has 2 aliphatic rings. The molecule has 9 nitrogen and oxygen atoms in total. The zero-order valence-electron chi connectivity index (χ0n) is 22.3. The highest BCUT2D eigenvalue weighted by Gasteiger charge is 2.32. The number of aliphatic imine (C=N–C) groups is 1. The normalized spacial score (nSPS) is 18.3. The SMILES string of the molecule is C[Si](C)(C)CCOCN1CN=C(c2cnn(C(CC#N)C3CCN(c4cccc(Cl)n4)C3)c2)c2cc[nH]c21. The molecule has 38 heavy (non-hydrogen) atoms. The molecule has 1 fully saturated rings. The van der Waals surface area contributed by atoms with Crippen molar-refractivity contribution in [3.63, 3.8) is 0 Å². The van der Waals surface area contributed by atoms with Gasteiger partial charge >= 0.3 is 0 Å². The molecule has 0 spiro atoms. The number of hydrogen-bond acceptors (Lipinski definition) is 7. The number of pyridine rings is 1. The number of H-pyrrole nitrogens is 1. The van der Waals surface area contributed by atoms with Gasteiger partial charge in [0, 0.05) is 57.2 Å². The van der Waals surface area contributed by atoms with Gasteiger partial charge in [-0.2, -0.15) is 10.4 Å². The highest BCUT2D eigenvalue weighted by Crippen LogP contribution is 2.33. The molecule has 0 bridgehead atoms. The van der Waals surface area contributed by atoms with Crippen LogP contribution in [-0.2, 0) is 4.74 Å². The first kappa shape index (κ1) is 26.5. The molecule has 1 saturated heterocycles. The van der Waals surface area contributed by atoms with Gasteiger partial charge in [-0.1, -0.05) is 37.3 Å². The lowest BCUT2D eigenvalue weighted by Crippen LogP contribution is -2.33. The third-order valence-electron chi connectivity index (χ3n) is 7.25. The van der Waals surface area contributed by atoms with Crippen LogP contribution in [0.5, 0.6) is 0 Å². The fourth-order valence-corrected chi connectivity index (χ4v) is 6.04. The van der Waals surface area contributed by atoms with Crippen molar-refractivity contribution in [3.8, 4) is 6.07 Å². The van der Waals surface area contributed by atoms with E-state index in [2.05, 4.69) is 51.5 Å². The monoisotopic (exact) mass is 550 g/mol. The Morgan fingerprint density at radius 1 is 1.29 bits per heavy atom. The van der Waals surface area contributed by atoms with E-state index < -0.39 is 8.07 Å². The van der Waals surface area contributed by atoms with Crippen LogP contribution in [0.2, 0.25) is 30.8 Å². The smallest absolute Gasteiger partial charge is 0.131 e. The second-order valence-corrected chi connectivity index (χ2v) is 17.2. The van der Waals surface area contributed by atoms with Crippen LogP contribution in [-0.4, -0.2) is 66.6 Å². The summed E-state index contributed by atoms with van der Waals surface area (Å²) in [5.41, 5.74) is 2.91. The summed E-state index contributed by atoms with van der Waals surface area (Å²) in [6.45, 7) is 10.6. The van der Waals surface area contributed by atoms with Gasteiger partial charge in [0.2, 0.25) is 0 Å².